The van der Waals surface area contributed by atoms with Gasteiger partial charge in [0.2, 0.25) is 21.9 Å². The number of benzene rings is 1. The molecule has 14 heteroatoms. The largest absolute Gasteiger partial charge is 0.493 e. The molecular formula is C19H19N9O4S. The molecule has 1 fully saturated rings. The highest BCUT2D eigenvalue weighted by Crippen LogP contribution is 2.22. The van der Waals surface area contributed by atoms with E-state index in [-0.39, 0.29) is 22.5 Å². The van der Waals surface area contributed by atoms with Gasteiger partial charge in [-0.15, -0.1) is 0 Å². The molecule has 6 N–H and O–H groups in total. The first-order valence-electron chi connectivity index (χ1n) is 9.94. The van der Waals surface area contributed by atoms with E-state index >= 15 is 0 Å². The highest BCUT2D eigenvalue weighted by Gasteiger charge is 2.21. The van der Waals surface area contributed by atoms with Crippen molar-refractivity contribution < 1.29 is 13.5 Å². The van der Waals surface area contributed by atoms with Gasteiger partial charge in [-0.1, -0.05) is 12.1 Å². The molecule has 170 valence electrons. The Bertz CT molecular complexity index is 1630. The van der Waals surface area contributed by atoms with Crippen LogP contribution in [0.1, 0.15) is 24.1 Å². The fourth-order valence-electron chi connectivity index (χ4n) is 3.14. The van der Waals surface area contributed by atoms with Gasteiger partial charge in [0.05, 0.1) is 17.1 Å². The number of aromatic nitrogens is 6. The van der Waals surface area contributed by atoms with Crippen molar-refractivity contribution in [3.8, 4) is 5.88 Å². The molecule has 33 heavy (non-hydrogen) atoms. The minimum Gasteiger partial charge on any atom is -0.493 e. The molecule has 0 radical (unpaired) electrons. The first-order valence-corrected chi connectivity index (χ1v) is 11.5. The normalized spacial score (nSPS) is 15.4. The number of imidazole rings is 1. The number of nitrogens with zero attached hydrogens (tertiary/aromatic N) is 5. The third-order valence-corrected chi connectivity index (χ3v) is 5.89. The molecule has 0 saturated heterocycles. The third-order valence-electron chi connectivity index (χ3n) is 4.96. The van der Waals surface area contributed by atoms with E-state index in [1.165, 1.54) is 22.8 Å². The molecular weight excluding hydrogens is 450 g/mol. The molecule has 0 spiro atoms. The van der Waals surface area contributed by atoms with Gasteiger partial charge in [0.25, 0.3) is 5.62 Å². The lowest BCUT2D eigenvalue weighted by Gasteiger charge is -2.06. The van der Waals surface area contributed by atoms with Crippen LogP contribution < -0.4 is 27.0 Å². The topological polar surface area (TPSA) is 197 Å². The summed E-state index contributed by atoms with van der Waals surface area (Å²) < 4.78 is 24.3. The van der Waals surface area contributed by atoms with Crippen LogP contribution in [0, 0.1) is 0 Å². The molecule has 1 aliphatic rings. The summed E-state index contributed by atoms with van der Waals surface area (Å²) in [5.74, 6) is -0.00283. The van der Waals surface area contributed by atoms with Crippen molar-refractivity contribution in [1.82, 2.24) is 29.5 Å². The molecule has 0 amide bonds. The van der Waals surface area contributed by atoms with Crippen LogP contribution in [-0.4, -0.2) is 49.1 Å². The Kier molecular flexibility index (Phi) is 4.94. The molecule has 4 aromatic rings. The number of fused-ring (bicyclic) bond motifs is 1. The molecule has 1 saturated carbocycles. The fourth-order valence-corrected chi connectivity index (χ4v) is 3.65. The summed E-state index contributed by atoms with van der Waals surface area (Å²) in [4.78, 5) is 29.8. The number of H-pyrrole nitrogens is 2. The van der Waals surface area contributed by atoms with Crippen LogP contribution in [0.15, 0.2) is 45.1 Å². The molecule has 5 rings (SSSR count). The van der Waals surface area contributed by atoms with E-state index in [4.69, 9.17) is 5.14 Å². The minimum atomic E-state index is -3.76. The summed E-state index contributed by atoms with van der Waals surface area (Å²) in [6.07, 6.45) is 5.03. The Labute approximate surface area is 185 Å². The van der Waals surface area contributed by atoms with Crippen LogP contribution >= 0.6 is 0 Å². The minimum absolute atomic E-state index is 0.0277. The highest BCUT2D eigenvalue weighted by molar-refractivity contribution is 7.89. The van der Waals surface area contributed by atoms with Crippen LogP contribution in [-0.2, 0) is 16.6 Å². The summed E-state index contributed by atoms with van der Waals surface area (Å²) in [5.41, 5.74) is 1.25. The lowest BCUT2D eigenvalue weighted by Crippen LogP contribution is -2.24. The smallest absolute Gasteiger partial charge is 0.326 e. The predicted octanol–water partition coefficient (Wildman–Crippen LogP) is -1.28. The Morgan fingerprint density at radius 3 is 2.64 bits per heavy atom. The molecule has 0 bridgehead atoms. The van der Waals surface area contributed by atoms with Gasteiger partial charge < -0.3 is 15.4 Å². The Morgan fingerprint density at radius 2 is 2.00 bits per heavy atom. The van der Waals surface area contributed by atoms with E-state index in [2.05, 4.69) is 35.3 Å². The van der Waals surface area contributed by atoms with Crippen molar-refractivity contribution in [2.75, 3.05) is 5.32 Å². The number of aromatic hydroxyl groups is 1. The van der Waals surface area contributed by atoms with E-state index in [0.29, 0.717) is 29.0 Å². The van der Waals surface area contributed by atoms with Gasteiger partial charge in [0.1, 0.15) is 5.69 Å². The lowest BCUT2D eigenvalue weighted by molar-refractivity contribution is 0.454. The molecule has 0 aliphatic heterocycles. The van der Waals surface area contributed by atoms with Gasteiger partial charge in [-0.2, -0.15) is 19.6 Å². The molecule has 0 unspecified atom stereocenters. The van der Waals surface area contributed by atoms with Crippen LogP contribution in [0.5, 0.6) is 5.88 Å². The van der Waals surface area contributed by atoms with Gasteiger partial charge in [-0.05, 0) is 36.6 Å². The van der Waals surface area contributed by atoms with Crippen molar-refractivity contribution in [3.63, 3.8) is 0 Å². The van der Waals surface area contributed by atoms with Crippen molar-refractivity contribution >= 4 is 27.7 Å². The van der Waals surface area contributed by atoms with Crippen LogP contribution in [0.4, 0.5) is 5.95 Å². The number of hydrogen-bond donors (Lipinski definition) is 5. The number of aromatic amines is 2. The lowest BCUT2D eigenvalue weighted by atomic mass is 10.2. The third kappa shape index (κ3) is 4.47. The highest BCUT2D eigenvalue weighted by atomic mass is 32.2. The predicted molar refractivity (Wildman–Crippen MR) is 116 cm³/mol. The standard InChI is InChI=1S/C19H19N9O4S/c20-33(31,32)13-5-1-10(2-6-13)8-21-17-25-15-11(7-14-16(29)26-19(30)24-14)9-22-28(15)18(27-17)23-12-3-4-12/h1-2,5-7,9,12,29H,3-4,8H2,(H2,20,31,32)(H,21,23,27)(H2,24,26,30). The molecule has 1 aromatic carbocycles. The van der Waals surface area contributed by atoms with Crippen molar-refractivity contribution in [3.05, 3.63) is 63.0 Å². The maximum Gasteiger partial charge on any atom is 0.326 e. The van der Waals surface area contributed by atoms with Gasteiger partial charge in [0, 0.05) is 11.8 Å². The van der Waals surface area contributed by atoms with E-state index in [0.717, 1.165) is 18.4 Å². The fraction of sp³-hybridized carbons (Fsp3) is 0.211. The summed E-state index contributed by atoms with van der Waals surface area (Å²) in [6, 6.07) is 6.33. The van der Waals surface area contributed by atoms with E-state index in [9.17, 15) is 18.3 Å². The zero-order valence-corrected chi connectivity index (χ0v) is 17.9. The number of nitrogens with one attached hydrogen (secondary N) is 3. The van der Waals surface area contributed by atoms with Crippen molar-refractivity contribution in [2.24, 2.45) is 10.1 Å². The Hall–Kier alpha value is -4.04. The summed E-state index contributed by atoms with van der Waals surface area (Å²) in [7, 11) is -3.76. The molecule has 13 nitrogen and oxygen atoms in total. The summed E-state index contributed by atoms with van der Waals surface area (Å²) in [5, 5.41) is 23.0. The second-order valence-corrected chi connectivity index (χ2v) is 9.13. The number of nitrogens with two attached hydrogens (primary N) is 1. The van der Waals surface area contributed by atoms with Crippen LogP contribution in [0.2, 0.25) is 0 Å². The number of primary sulfonamides is 1. The van der Waals surface area contributed by atoms with E-state index in [1.807, 2.05) is 0 Å². The van der Waals surface area contributed by atoms with Crippen LogP contribution in [0.25, 0.3) is 11.7 Å². The second kappa shape index (κ2) is 7.83. The van der Waals surface area contributed by atoms with Gasteiger partial charge in [-0.3, -0.25) is 4.98 Å². The van der Waals surface area contributed by atoms with Gasteiger partial charge in [-0.25, -0.2) is 23.3 Å². The maximum atomic E-state index is 11.4. The van der Waals surface area contributed by atoms with Gasteiger partial charge >= 0.3 is 5.69 Å². The molecule has 1 aliphatic carbocycles. The molecule has 3 aromatic heterocycles. The zero-order valence-electron chi connectivity index (χ0n) is 17.1. The van der Waals surface area contributed by atoms with Crippen molar-refractivity contribution in [2.45, 2.75) is 30.3 Å². The Balaban J connectivity index is 1.52. The van der Waals surface area contributed by atoms with Gasteiger partial charge in [0.15, 0.2) is 5.65 Å². The Morgan fingerprint density at radius 1 is 1.24 bits per heavy atom. The monoisotopic (exact) mass is 469 g/mol. The van der Waals surface area contributed by atoms with Crippen LogP contribution in [0.3, 0.4) is 0 Å². The molecule has 3 heterocycles. The first-order chi connectivity index (χ1) is 15.8. The van der Waals surface area contributed by atoms with Crippen molar-refractivity contribution in [1.29, 1.82) is 0 Å². The number of hydrogen-bond acceptors (Lipinski definition) is 9. The number of anilines is 1. The maximum absolute atomic E-state index is 11.4. The number of sulfonamides is 1. The van der Waals surface area contributed by atoms with E-state index in [1.54, 1.807) is 18.2 Å². The quantitative estimate of drug-likeness (QED) is 0.230. The first kappa shape index (κ1) is 20.8. The average molecular weight is 469 g/mol. The zero-order chi connectivity index (χ0) is 23.2. The second-order valence-electron chi connectivity index (χ2n) is 7.57. The summed E-state index contributed by atoms with van der Waals surface area (Å²) >= 11 is 0. The number of rotatable bonds is 6. The SMILES string of the molecule is NS(=O)(=O)c1ccc(CNc2nc(=NC3CC3)n3ncc(=Cc4[nH]c(=O)[nH]c4O)c3n2)cc1. The molecule has 0 atom stereocenters. The van der Waals surface area contributed by atoms with E-state index < -0.39 is 15.7 Å². The average Bonchev–Trinajstić information content (AvgIpc) is 3.40. The summed E-state index contributed by atoms with van der Waals surface area (Å²) in [6.45, 7) is 0.322.